The number of nitrogens with one attached hydrogen (secondary N) is 2. The first-order valence-corrected chi connectivity index (χ1v) is 9.72. The van der Waals surface area contributed by atoms with Crippen LogP contribution in [0.2, 0.25) is 0 Å². The summed E-state index contributed by atoms with van der Waals surface area (Å²) < 4.78 is 5.94. The summed E-state index contributed by atoms with van der Waals surface area (Å²) in [5.41, 5.74) is 1.40. The number of fused-ring (bicyclic) bond motifs is 2. The van der Waals surface area contributed by atoms with Gasteiger partial charge in [0.2, 0.25) is 0 Å². The monoisotopic (exact) mass is 342 g/mol. The second-order valence-electron chi connectivity index (χ2n) is 7.57. The number of hydrogen-bond donors (Lipinski definition) is 2. The fourth-order valence-corrected chi connectivity index (χ4v) is 4.53. The van der Waals surface area contributed by atoms with Gasteiger partial charge >= 0.3 is 0 Å². The lowest BCUT2D eigenvalue weighted by atomic mass is 9.96. The average molecular weight is 342 g/mol. The summed E-state index contributed by atoms with van der Waals surface area (Å²) in [6.07, 6.45) is 6.92. The highest BCUT2D eigenvalue weighted by Gasteiger charge is 2.41. The van der Waals surface area contributed by atoms with Gasteiger partial charge in [0.1, 0.15) is 0 Å². The minimum atomic E-state index is 0.379. The van der Waals surface area contributed by atoms with Crippen LogP contribution in [0.15, 0.2) is 35.3 Å². The van der Waals surface area contributed by atoms with Gasteiger partial charge in [0.25, 0.3) is 0 Å². The maximum Gasteiger partial charge on any atom is 0.191 e. The van der Waals surface area contributed by atoms with Gasteiger partial charge in [-0.2, -0.15) is 0 Å². The van der Waals surface area contributed by atoms with Gasteiger partial charge in [-0.3, -0.25) is 9.89 Å². The Hall–Kier alpha value is -1.59. The molecule has 0 saturated carbocycles. The smallest absolute Gasteiger partial charge is 0.191 e. The first-order valence-electron chi connectivity index (χ1n) is 9.72. The fraction of sp³-hybridized carbons (Fsp3) is 0.650. The Bertz CT molecular complexity index is 591. The van der Waals surface area contributed by atoms with Gasteiger partial charge in [-0.25, -0.2) is 0 Å². The largest absolute Gasteiger partial charge is 0.373 e. The van der Waals surface area contributed by atoms with Gasteiger partial charge in [-0.05, 0) is 44.2 Å². The molecule has 1 aromatic carbocycles. The van der Waals surface area contributed by atoms with E-state index in [1.165, 1.54) is 37.8 Å². The molecule has 4 rings (SSSR count). The maximum absolute atomic E-state index is 5.94. The number of likely N-dealkylation sites (tertiary alicyclic amines) is 1. The SMILES string of the molecule is CN=C(NCC1CCCN1Cc1ccccc1)NC1CC2CCC1O2. The predicted octanol–water partition coefficient (Wildman–Crippen LogP) is 2.14. The highest BCUT2D eigenvalue weighted by molar-refractivity contribution is 5.80. The van der Waals surface area contributed by atoms with Crippen molar-refractivity contribution in [3.8, 4) is 0 Å². The van der Waals surface area contributed by atoms with Crippen molar-refractivity contribution < 1.29 is 4.74 Å². The maximum atomic E-state index is 5.94. The summed E-state index contributed by atoms with van der Waals surface area (Å²) in [5, 5.41) is 7.14. The van der Waals surface area contributed by atoms with Crippen molar-refractivity contribution in [2.75, 3.05) is 20.1 Å². The first kappa shape index (κ1) is 16.9. The van der Waals surface area contributed by atoms with Crippen LogP contribution in [0.4, 0.5) is 0 Å². The summed E-state index contributed by atoms with van der Waals surface area (Å²) in [6, 6.07) is 11.8. The third kappa shape index (κ3) is 3.98. The van der Waals surface area contributed by atoms with Crippen molar-refractivity contribution >= 4 is 5.96 Å². The molecule has 25 heavy (non-hydrogen) atoms. The van der Waals surface area contributed by atoms with Gasteiger partial charge in [0, 0.05) is 26.2 Å². The van der Waals surface area contributed by atoms with E-state index in [2.05, 4.69) is 50.9 Å². The number of ether oxygens (including phenoxy) is 1. The molecule has 5 heteroatoms. The quantitative estimate of drug-likeness (QED) is 0.636. The number of rotatable bonds is 5. The van der Waals surface area contributed by atoms with Crippen LogP contribution in [-0.4, -0.2) is 55.3 Å². The van der Waals surface area contributed by atoms with Crippen LogP contribution < -0.4 is 10.6 Å². The summed E-state index contributed by atoms with van der Waals surface area (Å²) in [4.78, 5) is 7.02. The minimum Gasteiger partial charge on any atom is -0.373 e. The standard InChI is InChI=1S/C20H30N4O/c1-21-20(23-18-12-17-9-10-19(18)25-17)22-13-16-8-5-11-24(16)14-15-6-3-2-4-7-15/h2-4,6-7,16-19H,5,8-14H2,1H3,(H2,21,22,23). The highest BCUT2D eigenvalue weighted by Crippen LogP contribution is 2.34. The third-order valence-electron chi connectivity index (χ3n) is 5.88. The number of benzene rings is 1. The summed E-state index contributed by atoms with van der Waals surface area (Å²) in [7, 11) is 1.86. The number of hydrogen-bond acceptors (Lipinski definition) is 3. The molecule has 0 spiro atoms. The van der Waals surface area contributed by atoms with Gasteiger partial charge in [0.15, 0.2) is 5.96 Å². The number of nitrogens with zero attached hydrogens (tertiary/aromatic N) is 2. The van der Waals surface area contributed by atoms with Crippen LogP contribution in [0.1, 0.15) is 37.7 Å². The Morgan fingerprint density at radius 3 is 2.84 bits per heavy atom. The van der Waals surface area contributed by atoms with E-state index in [0.29, 0.717) is 24.3 Å². The van der Waals surface area contributed by atoms with Crippen molar-refractivity contribution in [1.29, 1.82) is 0 Å². The molecule has 0 radical (unpaired) electrons. The van der Waals surface area contributed by atoms with Crippen LogP contribution in [0.25, 0.3) is 0 Å². The molecule has 5 nitrogen and oxygen atoms in total. The molecule has 3 aliphatic heterocycles. The van der Waals surface area contributed by atoms with E-state index >= 15 is 0 Å². The topological polar surface area (TPSA) is 48.9 Å². The number of aliphatic imine (C=N–C) groups is 1. The van der Waals surface area contributed by atoms with Gasteiger partial charge < -0.3 is 15.4 Å². The predicted molar refractivity (Wildman–Crippen MR) is 101 cm³/mol. The van der Waals surface area contributed by atoms with Crippen LogP contribution in [0, 0.1) is 0 Å². The van der Waals surface area contributed by atoms with E-state index in [0.717, 1.165) is 25.5 Å². The summed E-state index contributed by atoms with van der Waals surface area (Å²) in [6.45, 7) is 3.18. The summed E-state index contributed by atoms with van der Waals surface area (Å²) in [5.74, 6) is 0.924. The normalized spacial score (nSPS) is 32.3. The summed E-state index contributed by atoms with van der Waals surface area (Å²) >= 11 is 0. The van der Waals surface area contributed by atoms with Crippen molar-refractivity contribution in [2.24, 2.45) is 4.99 Å². The molecule has 2 bridgehead atoms. The molecular formula is C20H30N4O. The Balaban J connectivity index is 1.27. The van der Waals surface area contributed by atoms with E-state index in [1.54, 1.807) is 0 Å². The Morgan fingerprint density at radius 2 is 2.12 bits per heavy atom. The highest BCUT2D eigenvalue weighted by atomic mass is 16.5. The molecule has 3 aliphatic rings. The molecule has 136 valence electrons. The van der Waals surface area contributed by atoms with Gasteiger partial charge in [-0.1, -0.05) is 30.3 Å². The number of guanidine groups is 1. The van der Waals surface area contributed by atoms with E-state index in [4.69, 9.17) is 4.74 Å². The lowest BCUT2D eigenvalue weighted by Gasteiger charge is -2.27. The van der Waals surface area contributed by atoms with Crippen LogP contribution in [-0.2, 0) is 11.3 Å². The zero-order valence-corrected chi connectivity index (χ0v) is 15.2. The second kappa shape index (κ2) is 7.75. The molecule has 3 fully saturated rings. The van der Waals surface area contributed by atoms with E-state index < -0.39 is 0 Å². The van der Waals surface area contributed by atoms with E-state index in [1.807, 2.05) is 7.05 Å². The van der Waals surface area contributed by atoms with Crippen molar-refractivity contribution in [3.05, 3.63) is 35.9 Å². The Kier molecular flexibility index (Phi) is 5.22. The van der Waals surface area contributed by atoms with Gasteiger partial charge in [-0.15, -0.1) is 0 Å². The molecule has 2 N–H and O–H groups in total. The first-order chi connectivity index (χ1) is 12.3. The van der Waals surface area contributed by atoms with E-state index in [-0.39, 0.29) is 0 Å². The zero-order valence-electron chi connectivity index (χ0n) is 15.2. The minimum absolute atomic E-state index is 0.379. The molecule has 4 unspecified atom stereocenters. The molecule has 0 aromatic heterocycles. The molecule has 3 saturated heterocycles. The third-order valence-corrected chi connectivity index (χ3v) is 5.88. The molecule has 0 aliphatic carbocycles. The zero-order chi connectivity index (χ0) is 17.1. The Morgan fingerprint density at radius 1 is 1.24 bits per heavy atom. The van der Waals surface area contributed by atoms with Crippen molar-refractivity contribution in [1.82, 2.24) is 15.5 Å². The van der Waals surface area contributed by atoms with Crippen LogP contribution in [0.5, 0.6) is 0 Å². The lowest BCUT2D eigenvalue weighted by molar-refractivity contribution is 0.0992. The molecule has 1 aromatic rings. The van der Waals surface area contributed by atoms with Gasteiger partial charge in [0.05, 0.1) is 18.2 Å². The molecule has 4 atom stereocenters. The van der Waals surface area contributed by atoms with E-state index in [9.17, 15) is 0 Å². The van der Waals surface area contributed by atoms with Crippen LogP contribution in [0.3, 0.4) is 0 Å². The second-order valence-corrected chi connectivity index (χ2v) is 7.57. The fourth-order valence-electron chi connectivity index (χ4n) is 4.53. The molecule has 3 heterocycles. The van der Waals surface area contributed by atoms with Crippen LogP contribution >= 0.6 is 0 Å². The molecular weight excluding hydrogens is 312 g/mol. The van der Waals surface area contributed by atoms with Crippen molar-refractivity contribution in [3.63, 3.8) is 0 Å². The molecule has 0 amide bonds. The Labute approximate surface area is 150 Å². The van der Waals surface area contributed by atoms with Crippen molar-refractivity contribution in [2.45, 2.75) is 62.9 Å². The average Bonchev–Trinajstić information content (AvgIpc) is 3.37. The lowest BCUT2D eigenvalue weighted by Crippen LogP contribution is -2.50.